The highest BCUT2D eigenvalue weighted by atomic mass is 32.1. The molecule has 0 aliphatic heterocycles. The quantitative estimate of drug-likeness (QED) is 0.818. The summed E-state index contributed by atoms with van der Waals surface area (Å²) in [5.74, 6) is 0. The first-order chi connectivity index (χ1) is 10.3. The van der Waals surface area contributed by atoms with Crippen molar-refractivity contribution in [2.75, 3.05) is 11.4 Å². The average Bonchev–Trinajstić information content (AvgIpc) is 3.20. The van der Waals surface area contributed by atoms with Gasteiger partial charge in [-0.1, -0.05) is 25.1 Å². The van der Waals surface area contributed by atoms with Gasteiger partial charge in [0.05, 0.1) is 6.54 Å². The molecule has 0 atom stereocenters. The Kier molecular flexibility index (Phi) is 4.61. The highest BCUT2D eigenvalue weighted by molar-refractivity contribution is 7.09. The predicted molar refractivity (Wildman–Crippen MR) is 92.1 cm³/mol. The molecule has 1 aliphatic carbocycles. The molecule has 1 N–H and O–H groups in total. The predicted octanol–water partition coefficient (Wildman–Crippen LogP) is 4.34. The average molecular weight is 300 g/mol. The van der Waals surface area contributed by atoms with E-state index in [1.807, 2.05) is 11.3 Å². The summed E-state index contributed by atoms with van der Waals surface area (Å²) in [6.07, 6.45) is 2.67. The van der Waals surface area contributed by atoms with Crippen LogP contribution < -0.4 is 10.2 Å². The molecular weight excluding hydrogens is 276 g/mol. The zero-order valence-corrected chi connectivity index (χ0v) is 13.7. The lowest BCUT2D eigenvalue weighted by Gasteiger charge is -2.26. The molecule has 2 aromatic rings. The third-order valence-electron chi connectivity index (χ3n) is 4.04. The molecule has 3 heteroatoms. The summed E-state index contributed by atoms with van der Waals surface area (Å²) < 4.78 is 0. The van der Waals surface area contributed by atoms with Crippen LogP contribution in [0.4, 0.5) is 5.69 Å². The summed E-state index contributed by atoms with van der Waals surface area (Å²) in [7, 11) is 0. The number of hydrogen-bond acceptors (Lipinski definition) is 3. The molecule has 1 fully saturated rings. The zero-order valence-electron chi connectivity index (χ0n) is 12.9. The van der Waals surface area contributed by atoms with E-state index in [-0.39, 0.29) is 0 Å². The van der Waals surface area contributed by atoms with E-state index in [9.17, 15) is 0 Å². The zero-order chi connectivity index (χ0) is 14.7. The summed E-state index contributed by atoms with van der Waals surface area (Å²) in [6, 6.07) is 12.1. The van der Waals surface area contributed by atoms with Crippen LogP contribution in [0.3, 0.4) is 0 Å². The molecule has 1 aliphatic rings. The lowest BCUT2D eigenvalue weighted by Crippen LogP contribution is -2.25. The Bertz CT molecular complexity index is 573. The van der Waals surface area contributed by atoms with E-state index in [1.54, 1.807) is 0 Å². The van der Waals surface area contributed by atoms with Crippen LogP contribution in [0.1, 0.15) is 35.8 Å². The van der Waals surface area contributed by atoms with Crippen LogP contribution in [0.25, 0.3) is 0 Å². The Hall–Kier alpha value is -1.32. The van der Waals surface area contributed by atoms with Gasteiger partial charge in [-0.3, -0.25) is 0 Å². The second-order valence-corrected chi connectivity index (χ2v) is 6.87. The van der Waals surface area contributed by atoms with Gasteiger partial charge in [0.25, 0.3) is 0 Å². The van der Waals surface area contributed by atoms with Crippen molar-refractivity contribution >= 4 is 17.0 Å². The second-order valence-electron chi connectivity index (χ2n) is 5.84. The Labute approximate surface area is 131 Å². The van der Waals surface area contributed by atoms with E-state index in [0.29, 0.717) is 0 Å². The maximum atomic E-state index is 3.40. The smallest absolute Gasteiger partial charge is 0.0526 e. The molecule has 1 aromatic carbocycles. The SMILES string of the molecule is CCNCc1ccc(N(Cc2cccs2)C2CC2)c(C)c1. The minimum absolute atomic E-state index is 0.741. The number of nitrogens with zero attached hydrogens (tertiary/aromatic N) is 1. The molecule has 0 amide bonds. The first-order valence-corrected chi connectivity index (χ1v) is 8.75. The van der Waals surface area contributed by atoms with Crippen molar-refractivity contribution in [1.82, 2.24) is 5.32 Å². The van der Waals surface area contributed by atoms with Crippen LogP contribution in [0.2, 0.25) is 0 Å². The fourth-order valence-corrected chi connectivity index (χ4v) is 3.49. The Balaban J connectivity index is 1.79. The molecule has 0 saturated heterocycles. The van der Waals surface area contributed by atoms with Crippen molar-refractivity contribution < 1.29 is 0 Å². The van der Waals surface area contributed by atoms with Gasteiger partial charge in [0.1, 0.15) is 0 Å². The van der Waals surface area contributed by atoms with Crippen LogP contribution in [0.15, 0.2) is 35.7 Å². The highest BCUT2D eigenvalue weighted by Crippen LogP contribution is 2.35. The molecule has 0 radical (unpaired) electrons. The topological polar surface area (TPSA) is 15.3 Å². The van der Waals surface area contributed by atoms with E-state index in [1.165, 1.54) is 34.5 Å². The number of thiophene rings is 1. The van der Waals surface area contributed by atoms with Crippen molar-refractivity contribution in [2.24, 2.45) is 0 Å². The number of benzene rings is 1. The van der Waals surface area contributed by atoms with Crippen LogP contribution in [0.5, 0.6) is 0 Å². The Morgan fingerprint density at radius 2 is 2.14 bits per heavy atom. The van der Waals surface area contributed by atoms with Gasteiger partial charge in [-0.2, -0.15) is 0 Å². The first-order valence-electron chi connectivity index (χ1n) is 7.87. The van der Waals surface area contributed by atoms with Crippen molar-refractivity contribution in [3.8, 4) is 0 Å². The maximum Gasteiger partial charge on any atom is 0.0526 e. The minimum atomic E-state index is 0.741. The van der Waals surface area contributed by atoms with Gasteiger partial charge >= 0.3 is 0 Å². The van der Waals surface area contributed by atoms with Crippen molar-refractivity contribution in [3.05, 3.63) is 51.7 Å². The van der Waals surface area contributed by atoms with Gasteiger partial charge in [-0.25, -0.2) is 0 Å². The van der Waals surface area contributed by atoms with Crippen LogP contribution in [-0.4, -0.2) is 12.6 Å². The van der Waals surface area contributed by atoms with Crippen LogP contribution >= 0.6 is 11.3 Å². The fourth-order valence-electron chi connectivity index (χ4n) is 2.79. The molecule has 0 unspecified atom stereocenters. The van der Waals surface area contributed by atoms with Crippen LogP contribution in [0, 0.1) is 6.92 Å². The van der Waals surface area contributed by atoms with E-state index in [0.717, 1.165) is 25.7 Å². The summed E-state index contributed by atoms with van der Waals surface area (Å²) in [4.78, 5) is 4.05. The first kappa shape index (κ1) is 14.6. The van der Waals surface area contributed by atoms with Crippen molar-refractivity contribution in [2.45, 2.75) is 45.8 Å². The molecule has 1 heterocycles. The highest BCUT2D eigenvalue weighted by Gasteiger charge is 2.30. The number of nitrogens with one attached hydrogen (secondary N) is 1. The lowest BCUT2D eigenvalue weighted by atomic mass is 10.1. The standard InChI is InChI=1S/C18H24N2S/c1-3-19-12-15-6-9-18(14(2)11-15)20(16-7-8-16)13-17-5-4-10-21-17/h4-6,9-11,16,19H,3,7-8,12-13H2,1-2H3. The number of aryl methyl sites for hydroxylation is 1. The summed E-state index contributed by atoms with van der Waals surface area (Å²) in [6.45, 7) is 7.43. The Morgan fingerprint density at radius 3 is 2.76 bits per heavy atom. The Morgan fingerprint density at radius 1 is 1.29 bits per heavy atom. The van der Waals surface area contributed by atoms with E-state index in [4.69, 9.17) is 0 Å². The van der Waals surface area contributed by atoms with Gasteiger partial charge in [0.15, 0.2) is 0 Å². The van der Waals surface area contributed by atoms with Gasteiger partial charge in [-0.05, 0) is 54.9 Å². The fraction of sp³-hybridized carbons (Fsp3) is 0.444. The molecule has 1 aromatic heterocycles. The number of hydrogen-bond donors (Lipinski definition) is 1. The summed E-state index contributed by atoms with van der Waals surface area (Å²) >= 11 is 1.86. The number of rotatable bonds is 7. The third-order valence-corrected chi connectivity index (χ3v) is 4.90. The molecular formula is C18H24N2S. The summed E-state index contributed by atoms with van der Waals surface area (Å²) in [5.41, 5.74) is 4.19. The van der Waals surface area contributed by atoms with Gasteiger partial charge in [-0.15, -0.1) is 11.3 Å². The molecule has 0 spiro atoms. The minimum Gasteiger partial charge on any atom is -0.363 e. The van der Waals surface area contributed by atoms with Gasteiger partial charge in [0.2, 0.25) is 0 Å². The van der Waals surface area contributed by atoms with Gasteiger partial charge in [0, 0.05) is 23.2 Å². The number of anilines is 1. The van der Waals surface area contributed by atoms with Crippen molar-refractivity contribution in [3.63, 3.8) is 0 Å². The molecule has 112 valence electrons. The third kappa shape index (κ3) is 3.66. The molecule has 0 bridgehead atoms. The molecule has 3 rings (SSSR count). The molecule has 2 nitrogen and oxygen atoms in total. The monoisotopic (exact) mass is 300 g/mol. The van der Waals surface area contributed by atoms with Crippen molar-refractivity contribution in [1.29, 1.82) is 0 Å². The van der Waals surface area contributed by atoms with Crippen LogP contribution in [-0.2, 0) is 13.1 Å². The van der Waals surface area contributed by atoms with E-state index < -0.39 is 0 Å². The maximum absolute atomic E-state index is 3.40. The lowest BCUT2D eigenvalue weighted by molar-refractivity contribution is 0.725. The van der Waals surface area contributed by atoms with E-state index in [2.05, 4.69) is 59.8 Å². The summed E-state index contributed by atoms with van der Waals surface area (Å²) in [5, 5.41) is 5.57. The largest absolute Gasteiger partial charge is 0.363 e. The normalized spacial score (nSPS) is 14.4. The van der Waals surface area contributed by atoms with Gasteiger partial charge < -0.3 is 10.2 Å². The molecule has 21 heavy (non-hydrogen) atoms. The van der Waals surface area contributed by atoms with E-state index >= 15 is 0 Å². The molecule has 1 saturated carbocycles. The second kappa shape index (κ2) is 6.63.